The van der Waals surface area contributed by atoms with Crippen molar-refractivity contribution in [1.29, 1.82) is 0 Å². The molecule has 3 aromatic rings. The van der Waals surface area contributed by atoms with Crippen molar-refractivity contribution in [3.63, 3.8) is 0 Å². The molecule has 304 valence electrons. The molecule has 2 aliphatic heterocycles. The van der Waals surface area contributed by atoms with Crippen LogP contribution < -0.4 is 15.4 Å². The molecule has 5 atom stereocenters. The highest BCUT2D eigenvalue weighted by Gasteiger charge is 2.37. The molecular formula is C45H63N5O6. The van der Waals surface area contributed by atoms with Crippen molar-refractivity contribution in [1.82, 2.24) is 25.3 Å². The number of carbonyl (C=O) groups is 2. The van der Waals surface area contributed by atoms with Gasteiger partial charge in [0.2, 0.25) is 11.8 Å². The monoisotopic (exact) mass is 769 g/mol. The van der Waals surface area contributed by atoms with Gasteiger partial charge >= 0.3 is 0 Å². The van der Waals surface area contributed by atoms with E-state index in [9.17, 15) is 19.8 Å². The minimum Gasteiger partial charge on any atom is -0.492 e. The van der Waals surface area contributed by atoms with Crippen molar-refractivity contribution in [2.45, 2.75) is 82.7 Å². The molecule has 56 heavy (non-hydrogen) atoms. The summed E-state index contributed by atoms with van der Waals surface area (Å²) < 4.78 is 11.5. The quantitative estimate of drug-likeness (QED) is 0.163. The summed E-state index contributed by atoms with van der Waals surface area (Å²) in [5.74, 6) is -0.0551. The number of rotatable bonds is 17. The van der Waals surface area contributed by atoms with Gasteiger partial charge in [0.15, 0.2) is 0 Å². The van der Waals surface area contributed by atoms with E-state index in [1.54, 1.807) is 0 Å². The Hall–Kier alpha value is -3.84. The van der Waals surface area contributed by atoms with Gasteiger partial charge < -0.3 is 30.3 Å². The molecule has 11 nitrogen and oxygen atoms in total. The highest BCUT2D eigenvalue weighted by molar-refractivity contribution is 5.83. The molecule has 3 aliphatic rings. The van der Waals surface area contributed by atoms with Crippen molar-refractivity contribution >= 4 is 11.8 Å². The zero-order valence-electron chi connectivity index (χ0n) is 33.6. The summed E-state index contributed by atoms with van der Waals surface area (Å²) >= 11 is 0. The molecule has 2 fully saturated rings. The van der Waals surface area contributed by atoms with Gasteiger partial charge in [0, 0.05) is 63.7 Å². The van der Waals surface area contributed by atoms with Gasteiger partial charge in [-0.05, 0) is 87.4 Å². The summed E-state index contributed by atoms with van der Waals surface area (Å²) in [6, 6.07) is 25.2. The first kappa shape index (κ1) is 41.8. The Morgan fingerprint density at radius 3 is 2.38 bits per heavy atom. The number of nitrogens with one attached hydrogen (secondary N) is 2. The number of amides is 2. The van der Waals surface area contributed by atoms with Gasteiger partial charge in [-0.15, -0.1) is 0 Å². The number of aliphatic hydroxyl groups is 2. The topological polar surface area (TPSA) is 127 Å². The second kappa shape index (κ2) is 20.0. The van der Waals surface area contributed by atoms with E-state index in [4.69, 9.17) is 9.47 Å². The summed E-state index contributed by atoms with van der Waals surface area (Å²) in [4.78, 5) is 34.7. The van der Waals surface area contributed by atoms with Crippen LogP contribution in [0.15, 0.2) is 78.9 Å². The molecule has 1 aliphatic carbocycles. The minimum absolute atomic E-state index is 0.0482. The van der Waals surface area contributed by atoms with E-state index in [1.807, 2.05) is 75.4 Å². The molecule has 0 radical (unpaired) electrons. The smallest absolute Gasteiger partial charge is 0.239 e. The summed E-state index contributed by atoms with van der Waals surface area (Å²) in [6.45, 7) is 13.9. The lowest BCUT2D eigenvalue weighted by molar-refractivity contribution is -0.132. The number of hydrogen-bond donors (Lipinski definition) is 4. The maximum Gasteiger partial charge on any atom is 0.239 e. The van der Waals surface area contributed by atoms with Crippen LogP contribution >= 0.6 is 0 Å². The molecule has 0 spiro atoms. The van der Waals surface area contributed by atoms with Crippen LogP contribution in [-0.4, -0.2) is 133 Å². The molecule has 0 unspecified atom stereocenters. The predicted octanol–water partition coefficient (Wildman–Crippen LogP) is 3.62. The number of piperazine rings is 1. The van der Waals surface area contributed by atoms with E-state index in [-0.39, 0.29) is 24.8 Å². The number of aliphatic hydroxyl groups excluding tert-OH is 2. The largest absolute Gasteiger partial charge is 0.492 e. The SMILES string of the molecule is CC(C)(C)NC(=O)[C@@H]1CN(CCCc2ccccc2)CCN1C[C@@H](O)C[C@@H](Cc1ccc(OCCN2CCOCC2)cc1)C(=O)N[C@H]1c2ccccc2C[C@H]1O. The number of β-amino-alcohol motifs (C(OH)–C–C–N with tert-alkyl or cyclic N) is 1. The molecule has 0 aromatic heterocycles. The number of aryl methyl sites for hydroxylation is 1. The summed E-state index contributed by atoms with van der Waals surface area (Å²) in [6.07, 6.45) is 1.50. The maximum absolute atomic E-state index is 14.2. The first-order chi connectivity index (χ1) is 27.0. The Morgan fingerprint density at radius 2 is 1.62 bits per heavy atom. The Labute approximate surface area is 333 Å². The van der Waals surface area contributed by atoms with Gasteiger partial charge in [0.05, 0.1) is 31.5 Å². The lowest BCUT2D eigenvalue weighted by atomic mass is 9.91. The fraction of sp³-hybridized carbons (Fsp3) is 0.556. The Bertz CT molecular complexity index is 1680. The van der Waals surface area contributed by atoms with E-state index in [1.165, 1.54) is 5.56 Å². The highest BCUT2D eigenvalue weighted by Crippen LogP contribution is 2.32. The summed E-state index contributed by atoms with van der Waals surface area (Å²) in [5, 5.41) is 29.0. The molecule has 0 saturated carbocycles. The van der Waals surface area contributed by atoms with Gasteiger partial charge in [0.1, 0.15) is 18.4 Å². The lowest BCUT2D eigenvalue weighted by Gasteiger charge is -2.42. The third-order valence-electron chi connectivity index (χ3n) is 11.2. The molecule has 4 N–H and O–H groups in total. The van der Waals surface area contributed by atoms with E-state index < -0.39 is 35.7 Å². The van der Waals surface area contributed by atoms with Gasteiger partial charge in [-0.2, -0.15) is 0 Å². The Kier molecular flexibility index (Phi) is 14.9. The van der Waals surface area contributed by atoms with Gasteiger partial charge in [-0.25, -0.2) is 0 Å². The van der Waals surface area contributed by atoms with Crippen molar-refractivity contribution in [2.24, 2.45) is 5.92 Å². The van der Waals surface area contributed by atoms with Crippen LogP contribution in [0.4, 0.5) is 0 Å². The second-order valence-corrected chi connectivity index (χ2v) is 16.8. The second-order valence-electron chi connectivity index (χ2n) is 16.8. The fourth-order valence-corrected chi connectivity index (χ4v) is 8.25. The van der Waals surface area contributed by atoms with Gasteiger partial charge in [0.25, 0.3) is 0 Å². The van der Waals surface area contributed by atoms with Crippen LogP contribution in [0.2, 0.25) is 0 Å². The van der Waals surface area contributed by atoms with Crippen LogP contribution in [0.5, 0.6) is 5.75 Å². The standard InChI is InChI=1S/C45H63N5O6/c1-45(2,3)47-44(54)40-32-49(19-9-12-33-10-5-4-6-11-33)20-21-50(40)31-37(51)29-36(43(53)46-42-39-14-8-7-13-35(39)30-41(42)52)28-34-15-17-38(18-16-34)56-27-24-48-22-25-55-26-23-48/h4-8,10-11,13-18,36-37,40-42,51-52H,9,12,19-32H2,1-3H3,(H,46,53)(H,47,54)/t36-,37+,40+,41-,42+/m1/s1. The van der Waals surface area contributed by atoms with Crippen molar-refractivity contribution < 1.29 is 29.3 Å². The third kappa shape index (κ3) is 12.3. The molecule has 0 bridgehead atoms. The molecule has 3 aromatic carbocycles. The normalized spacial score (nSPS) is 21.9. The van der Waals surface area contributed by atoms with Crippen LogP contribution in [0.1, 0.15) is 61.9 Å². The van der Waals surface area contributed by atoms with E-state index in [0.29, 0.717) is 32.5 Å². The number of fused-ring (bicyclic) bond motifs is 1. The Morgan fingerprint density at radius 1 is 0.893 bits per heavy atom. The summed E-state index contributed by atoms with van der Waals surface area (Å²) in [7, 11) is 0. The number of hydrogen-bond acceptors (Lipinski definition) is 9. The number of nitrogens with zero attached hydrogens (tertiary/aromatic N) is 3. The maximum atomic E-state index is 14.2. The van der Waals surface area contributed by atoms with E-state index >= 15 is 0 Å². The third-order valence-corrected chi connectivity index (χ3v) is 11.2. The number of morpholine rings is 1. The van der Waals surface area contributed by atoms with Crippen LogP contribution in [0.3, 0.4) is 0 Å². The van der Waals surface area contributed by atoms with Crippen molar-refractivity contribution in [3.8, 4) is 5.75 Å². The minimum atomic E-state index is -0.858. The number of benzene rings is 3. The molecule has 2 heterocycles. The first-order valence-electron chi connectivity index (χ1n) is 20.6. The fourth-order valence-electron chi connectivity index (χ4n) is 8.25. The van der Waals surface area contributed by atoms with Crippen LogP contribution in [0.25, 0.3) is 0 Å². The van der Waals surface area contributed by atoms with Gasteiger partial charge in [-0.3, -0.25) is 24.3 Å². The predicted molar refractivity (Wildman–Crippen MR) is 219 cm³/mol. The molecule has 6 rings (SSSR count). The number of ether oxygens (including phenoxy) is 2. The van der Waals surface area contributed by atoms with Crippen molar-refractivity contribution in [3.05, 3.63) is 101 Å². The average Bonchev–Trinajstić information content (AvgIpc) is 3.50. The zero-order valence-corrected chi connectivity index (χ0v) is 33.6. The highest BCUT2D eigenvalue weighted by atomic mass is 16.5. The average molecular weight is 770 g/mol. The molecular weight excluding hydrogens is 707 g/mol. The zero-order chi connectivity index (χ0) is 39.5. The van der Waals surface area contributed by atoms with Crippen molar-refractivity contribution in [2.75, 3.05) is 72.2 Å². The molecule has 11 heteroatoms. The molecule has 2 saturated heterocycles. The number of carbonyl (C=O) groups excluding carboxylic acids is 2. The summed E-state index contributed by atoms with van der Waals surface area (Å²) in [5.41, 5.74) is 3.83. The van der Waals surface area contributed by atoms with Gasteiger partial charge in [-0.1, -0.05) is 66.7 Å². The van der Waals surface area contributed by atoms with E-state index in [2.05, 4.69) is 49.6 Å². The van der Waals surface area contributed by atoms with Crippen LogP contribution in [0, 0.1) is 5.92 Å². The first-order valence-corrected chi connectivity index (χ1v) is 20.6. The van der Waals surface area contributed by atoms with E-state index in [0.717, 1.165) is 81.2 Å². The van der Waals surface area contributed by atoms with Crippen LogP contribution in [-0.2, 0) is 33.6 Å². The Balaban J connectivity index is 1.11. The molecule has 2 amide bonds. The lowest BCUT2D eigenvalue weighted by Crippen LogP contribution is -2.62.